The van der Waals surface area contributed by atoms with E-state index in [4.69, 9.17) is 0 Å². The molecule has 94 valence electrons. The maximum Gasteiger partial charge on any atom is 0.221 e. The van der Waals surface area contributed by atoms with Crippen LogP contribution in [-0.4, -0.2) is 38.0 Å². The lowest BCUT2D eigenvalue weighted by atomic mass is 10.2. The highest BCUT2D eigenvalue weighted by atomic mass is 16.2. The molecule has 0 heterocycles. The van der Waals surface area contributed by atoms with E-state index in [-0.39, 0.29) is 11.8 Å². The summed E-state index contributed by atoms with van der Waals surface area (Å²) in [4.78, 5) is 22.1. The lowest BCUT2D eigenvalue weighted by molar-refractivity contribution is -0.122. The second kappa shape index (κ2) is 9.15. The summed E-state index contributed by atoms with van der Waals surface area (Å²) in [6, 6.07) is 0.455. The van der Waals surface area contributed by atoms with Crippen LogP contribution in [-0.2, 0) is 9.59 Å². The number of hydrogen-bond donors (Lipinski definition) is 3. The van der Waals surface area contributed by atoms with Crippen molar-refractivity contribution in [2.24, 2.45) is 0 Å². The Kier molecular flexibility index (Phi) is 8.52. The van der Waals surface area contributed by atoms with Gasteiger partial charge in [0.15, 0.2) is 0 Å². The first-order valence-corrected chi connectivity index (χ1v) is 5.77. The van der Waals surface area contributed by atoms with E-state index in [9.17, 15) is 9.59 Å². The van der Waals surface area contributed by atoms with Crippen molar-refractivity contribution in [3.63, 3.8) is 0 Å². The van der Waals surface area contributed by atoms with Crippen LogP contribution in [0.3, 0.4) is 0 Å². The second-order valence-corrected chi connectivity index (χ2v) is 3.99. The van der Waals surface area contributed by atoms with Gasteiger partial charge in [-0.3, -0.25) is 9.59 Å². The average molecular weight is 229 g/mol. The Bertz CT molecular complexity index is 217. The van der Waals surface area contributed by atoms with E-state index in [1.165, 1.54) is 0 Å². The number of nitrogens with one attached hydrogen (secondary N) is 3. The topological polar surface area (TPSA) is 70.2 Å². The standard InChI is InChI=1S/C11H23N3O2/c1-9(2)13-7-4-5-11(16)14-8-6-10(15)12-3/h9,13H,4-8H2,1-3H3,(H,12,15)(H,14,16). The smallest absolute Gasteiger partial charge is 0.221 e. The third-order valence-corrected chi connectivity index (χ3v) is 2.09. The highest BCUT2D eigenvalue weighted by Crippen LogP contribution is 1.89. The van der Waals surface area contributed by atoms with E-state index in [2.05, 4.69) is 29.8 Å². The summed E-state index contributed by atoms with van der Waals surface area (Å²) >= 11 is 0. The lowest BCUT2D eigenvalue weighted by Crippen LogP contribution is -2.30. The minimum absolute atomic E-state index is 0.00876. The van der Waals surface area contributed by atoms with Gasteiger partial charge in [-0.15, -0.1) is 0 Å². The van der Waals surface area contributed by atoms with Gasteiger partial charge in [0.25, 0.3) is 0 Å². The number of rotatable bonds is 8. The highest BCUT2D eigenvalue weighted by molar-refractivity contribution is 5.78. The first-order valence-electron chi connectivity index (χ1n) is 5.77. The molecule has 2 amide bonds. The Morgan fingerprint density at radius 2 is 1.75 bits per heavy atom. The van der Waals surface area contributed by atoms with Gasteiger partial charge in [-0.2, -0.15) is 0 Å². The molecule has 0 rings (SSSR count). The molecule has 0 aromatic heterocycles. The van der Waals surface area contributed by atoms with Crippen molar-refractivity contribution in [3.05, 3.63) is 0 Å². The van der Waals surface area contributed by atoms with Gasteiger partial charge in [-0.25, -0.2) is 0 Å². The van der Waals surface area contributed by atoms with Crippen LogP contribution in [0.2, 0.25) is 0 Å². The highest BCUT2D eigenvalue weighted by Gasteiger charge is 2.02. The van der Waals surface area contributed by atoms with E-state index in [0.717, 1.165) is 13.0 Å². The fourth-order valence-electron chi connectivity index (χ4n) is 1.17. The zero-order chi connectivity index (χ0) is 12.4. The Morgan fingerprint density at radius 3 is 2.31 bits per heavy atom. The van der Waals surface area contributed by atoms with Gasteiger partial charge in [0.1, 0.15) is 0 Å². The minimum atomic E-state index is -0.0539. The number of hydrogen-bond acceptors (Lipinski definition) is 3. The van der Waals surface area contributed by atoms with Gasteiger partial charge in [-0.1, -0.05) is 13.8 Å². The molecule has 0 atom stereocenters. The second-order valence-electron chi connectivity index (χ2n) is 3.99. The van der Waals surface area contributed by atoms with Crippen molar-refractivity contribution in [2.45, 2.75) is 39.2 Å². The van der Waals surface area contributed by atoms with E-state index in [1.807, 2.05) is 0 Å². The Morgan fingerprint density at radius 1 is 1.06 bits per heavy atom. The number of amides is 2. The van der Waals surface area contributed by atoms with Crippen LogP contribution in [0.25, 0.3) is 0 Å². The quantitative estimate of drug-likeness (QED) is 0.514. The molecular formula is C11H23N3O2. The van der Waals surface area contributed by atoms with Gasteiger partial charge >= 0.3 is 0 Å². The molecule has 5 nitrogen and oxygen atoms in total. The van der Waals surface area contributed by atoms with Crippen LogP contribution in [0.15, 0.2) is 0 Å². The van der Waals surface area contributed by atoms with Crippen LogP contribution in [0.4, 0.5) is 0 Å². The summed E-state index contributed by atoms with van der Waals surface area (Å²) in [5.74, 6) is -0.0452. The zero-order valence-electron chi connectivity index (χ0n) is 10.4. The molecule has 0 aliphatic carbocycles. The molecule has 0 aliphatic rings. The first kappa shape index (κ1) is 14.9. The van der Waals surface area contributed by atoms with E-state index in [1.54, 1.807) is 7.05 Å². The number of carbonyl (C=O) groups is 2. The summed E-state index contributed by atoms with van der Waals surface area (Å²) in [6.45, 7) is 5.41. The monoisotopic (exact) mass is 229 g/mol. The summed E-state index contributed by atoms with van der Waals surface area (Å²) in [6.07, 6.45) is 1.67. The van der Waals surface area contributed by atoms with Crippen molar-refractivity contribution in [3.8, 4) is 0 Å². The molecule has 0 radical (unpaired) electrons. The maximum atomic E-state index is 11.3. The van der Waals surface area contributed by atoms with Crippen molar-refractivity contribution in [1.82, 2.24) is 16.0 Å². The molecule has 0 unspecified atom stereocenters. The van der Waals surface area contributed by atoms with Gasteiger partial charge in [0, 0.05) is 32.5 Å². The summed E-state index contributed by atoms with van der Waals surface area (Å²) < 4.78 is 0. The molecule has 5 heteroatoms. The predicted octanol–water partition coefficient (Wildman–Crippen LogP) is 0.0169. The molecule has 0 saturated heterocycles. The van der Waals surface area contributed by atoms with Gasteiger partial charge in [0.2, 0.25) is 11.8 Å². The summed E-state index contributed by atoms with van der Waals surface area (Å²) in [5, 5.41) is 8.45. The lowest BCUT2D eigenvalue weighted by Gasteiger charge is -2.08. The van der Waals surface area contributed by atoms with Crippen LogP contribution < -0.4 is 16.0 Å². The molecule has 3 N–H and O–H groups in total. The van der Waals surface area contributed by atoms with Crippen molar-refractivity contribution in [2.75, 3.05) is 20.1 Å². The SMILES string of the molecule is CNC(=O)CCNC(=O)CCCNC(C)C. The Hall–Kier alpha value is -1.10. The minimum Gasteiger partial charge on any atom is -0.359 e. The average Bonchev–Trinajstić information content (AvgIpc) is 2.24. The van der Waals surface area contributed by atoms with Crippen LogP contribution in [0.1, 0.15) is 33.1 Å². The third kappa shape index (κ3) is 9.45. The third-order valence-electron chi connectivity index (χ3n) is 2.09. The van der Waals surface area contributed by atoms with Crippen LogP contribution >= 0.6 is 0 Å². The normalized spacial score (nSPS) is 10.2. The van der Waals surface area contributed by atoms with Crippen LogP contribution in [0, 0.1) is 0 Å². The Labute approximate surface area is 97.4 Å². The molecule has 16 heavy (non-hydrogen) atoms. The molecule has 0 aromatic rings. The first-order chi connectivity index (χ1) is 7.56. The predicted molar refractivity (Wildman–Crippen MR) is 64.1 cm³/mol. The van der Waals surface area contributed by atoms with Gasteiger partial charge in [-0.05, 0) is 13.0 Å². The number of carbonyl (C=O) groups excluding carboxylic acids is 2. The van der Waals surface area contributed by atoms with Crippen molar-refractivity contribution in [1.29, 1.82) is 0 Å². The van der Waals surface area contributed by atoms with E-state index in [0.29, 0.717) is 25.4 Å². The molecule has 0 spiro atoms. The summed E-state index contributed by atoms with van der Waals surface area (Å²) in [7, 11) is 1.59. The van der Waals surface area contributed by atoms with Crippen molar-refractivity contribution >= 4 is 11.8 Å². The van der Waals surface area contributed by atoms with E-state index < -0.39 is 0 Å². The largest absolute Gasteiger partial charge is 0.359 e. The molecule has 0 aromatic carbocycles. The molecule has 0 fully saturated rings. The van der Waals surface area contributed by atoms with Crippen molar-refractivity contribution < 1.29 is 9.59 Å². The maximum absolute atomic E-state index is 11.3. The molecule has 0 aliphatic heterocycles. The zero-order valence-corrected chi connectivity index (χ0v) is 10.4. The molecule has 0 bridgehead atoms. The Balaban J connectivity index is 3.35. The fourth-order valence-corrected chi connectivity index (χ4v) is 1.17. The van der Waals surface area contributed by atoms with Gasteiger partial charge in [0.05, 0.1) is 0 Å². The molecule has 0 saturated carbocycles. The fraction of sp³-hybridized carbons (Fsp3) is 0.818. The van der Waals surface area contributed by atoms with Gasteiger partial charge < -0.3 is 16.0 Å². The molecular weight excluding hydrogens is 206 g/mol. The van der Waals surface area contributed by atoms with E-state index >= 15 is 0 Å². The van der Waals surface area contributed by atoms with Crippen LogP contribution in [0.5, 0.6) is 0 Å². The summed E-state index contributed by atoms with van der Waals surface area (Å²) in [5.41, 5.74) is 0.